The number of rotatable bonds is 4. The Kier molecular flexibility index (Phi) is 3.72. The molecule has 1 atom stereocenters. The van der Waals surface area contributed by atoms with Crippen LogP contribution in [0.1, 0.15) is 24.3 Å². The summed E-state index contributed by atoms with van der Waals surface area (Å²) in [6.07, 6.45) is 1.67. The lowest BCUT2D eigenvalue weighted by atomic mass is 9.90. The number of hydrogen-bond donors (Lipinski definition) is 2. The van der Waals surface area contributed by atoms with Crippen molar-refractivity contribution < 1.29 is 14.4 Å². The zero-order chi connectivity index (χ0) is 13.0. The molecule has 0 aromatic heterocycles. The van der Waals surface area contributed by atoms with Gasteiger partial charge in [-0.2, -0.15) is 0 Å². The summed E-state index contributed by atoms with van der Waals surface area (Å²) in [6, 6.07) is 7.35. The first-order chi connectivity index (χ1) is 8.70. The first kappa shape index (κ1) is 12.3. The number of nitrogens with one attached hydrogen (secondary N) is 2. The van der Waals surface area contributed by atoms with Crippen LogP contribution in [0.5, 0.6) is 0 Å². The van der Waals surface area contributed by atoms with E-state index in [4.69, 9.17) is 0 Å². The molecule has 0 radical (unpaired) electrons. The lowest BCUT2D eigenvalue weighted by Gasteiger charge is -2.21. The van der Waals surface area contributed by atoms with Gasteiger partial charge in [0.15, 0.2) is 0 Å². The summed E-state index contributed by atoms with van der Waals surface area (Å²) >= 11 is 0. The highest BCUT2D eigenvalue weighted by molar-refractivity contribution is 6.01. The molecule has 5 heteroatoms. The van der Waals surface area contributed by atoms with Crippen LogP contribution in [-0.2, 0) is 14.4 Å². The average Bonchev–Trinajstić information content (AvgIpc) is 2.36. The molecular weight excluding hydrogens is 232 g/mol. The normalized spacial score (nSPS) is 19.2. The molecule has 1 aromatic carbocycles. The van der Waals surface area contributed by atoms with Crippen molar-refractivity contribution in [3.63, 3.8) is 0 Å². The monoisotopic (exact) mass is 246 g/mol. The van der Waals surface area contributed by atoms with Gasteiger partial charge in [-0.25, -0.2) is 0 Å². The Labute approximate surface area is 105 Å². The van der Waals surface area contributed by atoms with Gasteiger partial charge in [0.2, 0.25) is 11.8 Å². The minimum atomic E-state index is -0.291. The van der Waals surface area contributed by atoms with E-state index in [2.05, 4.69) is 10.6 Å². The fourth-order valence-corrected chi connectivity index (χ4v) is 2.04. The summed E-state index contributed by atoms with van der Waals surface area (Å²) in [7, 11) is 0. The van der Waals surface area contributed by atoms with Gasteiger partial charge < -0.3 is 10.1 Å². The lowest BCUT2D eigenvalue weighted by molar-refractivity contribution is -0.134. The summed E-state index contributed by atoms with van der Waals surface area (Å²) in [5.74, 6) is -0.758. The first-order valence-electron chi connectivity index (χ1n) is 5.82. The van der Waals surface area contributed by atoms with Crippen LogP contribution in [0.3, 0.4) is 0 Å². The van der Waals surface area contributed by atoms with Gasteiger partial charge in [0.1, 0.15) is 6.29 Å². The number of hydrogen-bond acceptors (Lipinski definition) is 4. The molecule has 2 N–H and O–H groups in total. The SMILES string of the molecule is O=CCNc1cccc(C2CCC(=O)NC2=O)c1. The second-order valence-corrected chi connectivity index (χ2v) is 4.18. The molecule has 1 aliphatic heterocycles. The molecule has 1 heterocycles. The van der Waals surface area contributed by atoms with Crippen molar-refractivity contribution in [2.24, 2.45) is 0 Å². The van der Waals surface area contributed by atoms with Crippen LogP contribution in [0.2, 0.25) is 0 Å². The molecule has 2 amide bonds. The fourth-order valence-electron chi connectivity index (χ4n) is 2.04. The van der Waals surface area contributed by atoms with Crippen molar-refractivity contribution in [2.75, 3.05) is 11.9 Å². The molecule has 1 saturated heterocycles. The van der Waals surface area contributed by atoms with Gasteiger partial charge >= 0.3 is 0 Å². The Morgan fingerprint density at radius 3 is 2.94 bits per heavy atom. The number of piperidine rings is 1. The quantitative estimate of drug-likeness (QED) is 0.609. The van der Waals surface area contributed by atoms with Crippen molar-refractivity contribution in [3.8, 4) is 0 Å². The minimum absolute atomic E-state index is 0.216. The number of aldehydes is 1. The van der Waals surface area contributed by atoms with E-state index in [0.29, 0.717) is 12.8 Å². The molecule has 1 aromatic rings. The van der Waals surface area contributed by atoms with E-state index >= 15 is 0 Å². The van der Waals surface area contributed by atoms with Gasteiger partial charge in [-0.1, -0.05) is 12.1 Å². The Morgan fingerprint density at radius 1 is 1.39 bits per heavy atom. The Balaban J connectivity index is 2.14. The van der Waals surface area contributed by atoms with Gasteiger partial charge in [-0.15, -0.1) is 0 Å². The summed E-state index contributed by atoms with van der Waals surface area (Å²) in [4.78, 5) is 33.1. The van der Waals surface area contributed by atoms with E-state index in [1.807, 2.05) is 24.3 Å². The predicted molar refractivity (Wildman–Crippen MR) is 66.1 cm³/mol. The van der Waals surface area contributed by atoms with Gasteiger partial charge in [-0.3, -0.25) is 14.9 Å². The van der Waals surface area contributed by atoms with Crippen LogP contribution in [0.4, 0.5) is 5.69 Å². The van der Waals surface area contributed by atoms with Gasteiger partial charge in [0.05, 0.1) is 12.5 Å². The van der Waals surface area contributed by atoms with Crippen molar-refractivity contribution in [1.82, 2.24) is 5.32 Å². The van der Waals surface area contributed by atoms with E-state index in [9.17, 15) is 14.4 Å². The van der Waals surface area contributed by atoms with Gasteiger partial charge in [0.25, 0.3) is 0 Å². The molecule has 0 saturated carbocycles. The number of carbonyl (C=O) groups is 3. The fraction of sp³-hybridized carbons (Fsp3) is 0.308. The summed E-state index contributed by atoms with van der Waals surface area (Å²) in [5, 5.41) is 5.27. The highest BCUT2D eigenvalue weighted by atomic mass is 16.2. The van der Waals surface area contributed by atoms with Gasteiger partial charge in [-0.05, 0) is 24.1 Å². The number of carbonyl (C=O) groups excluding carboxylic acids is 3. The standard InChI is InChI=1S/C13H14N2O3/c16-7-6-14-10-3-1-2-9(8-10)11-4-5-12(17)15-13(11)18/h1-3,7-8,11,14H,4-6H2,(H,15,17,18). The Hall–Kier alpha value is -2.17. The second-order valence-electron chi connectivity index (χ2n) is 4.18. The van der Waals surface area contributed by atoms with Crippen LogP contribution in [0.15, 0.2) is 24.3 Å². The Morgan fingerprint density at radius 2 is 2.22 bits per heavy atom. The molecule has 1 fully saturated rings. The topological polar surface area (TPSA) is 75.3 Å². The molecule has 94 valence electrons. The summed E-state index contributed by atoms with van der Waals surface area (Å²) < 4.78 is 0. The number of amides is 2. The van der Waals surface area contributed by atoms with Crippen molar-refractivity contribution in [1.29, 1.82) is 0 Å². The van der Waals surface area contributed by atoms with E-state index < -0.39 is 0 Å². The van der Waals surface area contributed by atoms with Crippen LogP contribution >= 0.6 is 0 Å². The molecule has 0 spiro atoms. The molecule has 0 aliphatic carbocycles. The summed E-state index contributed by atoms with van der Waals surface area (Å²) in [5.41, 5.74) is 1.65. The first-order valence-corrected chi connectivity index (χ1v) is 5.82. The molecule has 1 aliphatic rings. The predicted octanol–water partition coefficient (Wildman–Crippen LogP) is 0.818. The minimum Gasteiger partial charge on any atom is -0.378 e. The molecule has 2 rings (SSSR count). The second kappa shape index (κ2) is 5.44. The highest BCUT2D eigenvalue weighted by Gasteiger charge is 2.27. The maximum atomic E-state index is 11.7. The van der Waals surface area contributed by atoms with E-state index in [0.717, 1.165) is 17.5 Å². The average molecular weight is 246 g/mol. The molecule has 18 heavy (non-hydrogen) atoms. The van der Waals surface area contributed by atoms with Crippen LogP contribution in [0.25, 0.3) is 0 Å². The third-order valence-corrected chi connectivity index (χ3v) is 2.92. The summed E-state index contributed by atoms with van der Waals surface area (Å²) in [6.45, 7) is 0.235. The molecule has 1 unspecified atom stereocenters. The highest BCUT2D eigenvalue weighted by Crippen LogP contribution is 2.26. The van der Waals surface area contributed by atoms with E-state index in [-0.39, 0.29) is 24.3 Å². The van der Waals surface area contributed by atoms with Crippen molar-refractivity contribution in [3.05, 3.63) is 29.8 Å². The number of benzene rings is 1. The van der Waals surface area contributed by atoms with Crippen LogP contribution in [0, 0.1) is 0 Å². The van der Waals surface area contributed by atoms with E-state index in [1.54, 1.807) is 0 Å². The third kappa shape index (κ3) is 2.74. The lowest BCUT2D eigenvalue weighted by Crippen LogP contribution is -2.39. The van der Waals surface area contributed by atoms with E-state index in [1.165, 1.54) is 0 Å². The molecular formula is C13H14N2O3. The number of imide groups is 1. The van der Waals surface area contributed by atoms with Crippen molar-refractivity contribution >= 4 is 23.8 Å². The van der Waals surface area contributed by atoms with Gasteiger partial charge in [0, 0.05) is 12.1 Å². The third-order valence-electron chi connectivity index (χ3n) is 2.92. The zero-order valence-electron chi connectivity index (χ0n) is 9.81. The zero-order valence-corrected chi connectivity index (χ0v) is 9.81. The Bertz CT molecular complexity index is 485. The smallest absolute Gasteiger partial charge is 0.234 e. The number of anilines is 1. The molecule has 5 nitrogen and oxygen atoms in total. The molecule has 0 bridgehead atoms. The largest absolute Gasteiger partial charge is 0.378 e. The van der Waals surface area contributed by atoms with Crippen molar-refractivity contribution in [2.45, 2.75) is 18.8 Å². The van der Waals surface area contributed by atoms with Crippen LogP contribution in [-0.4, -0.2) is 24.6 Å². The maximum Gasteiger partial charge on any atom is 0.234 e. The maximum absolute atomic E-state index is 11.7. The van der Waals surface area contributed by atoms with Crippen LogP contribution < -0.4 is 10.6 Å².